The van der Waals surface area contributed by atoms with Gasteiger partial charge in [0.15, 0.2) is 0 Å². The maximum atomic E-state index is 3.31. The van der Waals surface area contributed by atoms with Crippen molar-refractivity contribution >= 4 is 9.24 Å². The smallest absolute Gasteiger partial charge is 0.0199 e. The zero-order chi connectivity index (χ0) is 16.5. The minimum absolute atomic E-state index is 0.0987. The van der Waals surface area contributed by atoms with E-state index in [9.17, 15) is 0 Å². The molecule has 0 nitrogen and oxygen atoms in total. The molecule has 3 rings (SSSR count). The third kappa shape index (κ3) is 2.66. The van der Waals surface area contributed by atoms with Gasteiger partial charge in [-0.3, -0.25) is 0 Å². The van der Waals surface area contributed by atoms with E-state index in [-0.39, 0.29) is 10.6 Å². The highest BCUT2D eigenvalue weighted by Gasteiger charge is 2.54. The number of rotatable bonds is 3. The zero-order valence-corrected chi connectivity index (χ0v) is 15.8. The first kappa shape index (κ1) is 16.7. The molecule has 4 unspecified atom stereocenters. The van der Waals surface area contributed by atoms with E-state index in [0.29, 0.717) is 5.92 Å². The van der Waals surface area contributed by atoms with Gasteiger partial charge < -0.3 is 0 Å². The standard InChI is InChI=1S/C22H29P/c1-17(2)21(19-10-6-4-7-11-19)15-14-18(3)16-22(21,23)20-12-8-5-9-13-20/h4-13,17-18H,14-16,23H2,1-3H3. The fraction of sp³-hybridized carbons (Fsp3) is 0.455. The van der Waals surface area contributed by atoms with Crippen LogP contribution in [0.2, 0.25) is 0 Å². The molecule has 2 aromatic rings. The van der Waals surface area contributed by atoms with Crippen LogP contribution in [0, 0.1) is 11.8 Å². The van der Waals surface area contributed by atoms with Gasteiger partial charge in [-0.1, -0.05) is 81.4 Å². The van der Waals surface area contributed by atoms with Crippen LogP contribution < -0.4 is 0 Å². The van der Waals surface area contributed by atoms with Crippen LogP contribution in [0.3, 0.4) is 0 Å². The van der Waals surface area contributed by atoms with Crippen LogP contribution in [0.4, 0.5) is 0 Å². The second-order valence-electron chi connectivity index (χ2n) is 7.68. The van der Waals surface area contributed by atoms with Crippen LogP contribution in [0.15, 0.2) is 60.7 Å². The zero-order valence-electron chi connectivity index (χ0n) is 14.6. The predicted molar refractivity (Wildman–Crippen MR) is 104 cm³/mol. The summed E-state index contributed by atoms with van der Waals surface area (Å²) in [6, 6.07) is 22.4. The molecule has 122 valence electrons. The third-order valence-electron chi connectivity index (χ3n) is 6.06. The van der Waals surface area contributed by atoms with Crippen molar-refractivity contribution in [3.05, 3.63) is 71.8 Å². The predicted octanol–water partition coefficient (Wildman–Crippen LogP) is 6.17. The molecule has 1 aliphatic rings. The summed E-state index contributed by atoms with van der Waals surface area (Å²) >= 11 is 0. The monoisotopic (exact) mass is 324 g/mol. The molecule has 0 bridgehead atoms. The minimum atomic E-state index is 0.0987. The van der Waals surface area contributed by atoms with Crippen molar-refractivity contribution in [3.63, 3.8) is 0 Å². The van der Waals surface area contributed by atoms with Crippen LogP contribution in [-0.2, 0) is 10.6 Å². The maximum Gasteiger partial charge on any atom is 0.0199 e. The van der Waals surface area contributed by atoms with Gasteiger partial charge >= 0.3 is 0 Å². The Hall–Kier alpha value is -1.13. The number of benzene rings is 2. The van der Waals surface area contributed by atoms with Crippen molar-refractivity contribution in [3.8, 4) is 0 Å². The van der Waals surface area contributed by atoms with Crippen LogP contribution in [0.1, 0.15) is 51.2 Å². The highest BCUT2D eigenvalue weighted by molar-refractivity contribution is 7.18. The number of hydrogen-bond acceptors (Lipinski definition) is 0. The van der Waals surface area contributed by atoms with E-state index in [1.54, 1.807) is 0 Å². The van der Waals surface area contributed by atoms with E-state index in [2.05, 4.69) is 90.7 Å². The van der Waals surface area contributed by atoms with Crippen LogP contribution in [0.5, 0.6) is 0 Å². The van der Waals surface area contributed by atoms with Crippen LogP contribution in [0.25, 0.3) is 0 Å². The van der Waals surface area contributed by atoms with Gasteiger partial charge in [-0.05, 0) is 42.2 Å². The lowest BCUT2D eigenvalue weighted by Crippen LogP contribution is -2.52. The molecule has 4 atom stereocenters. The first-order chi connectivity index (χ1) is 11.0. The van der Waals surface area contributed by atoms with E-state index >= 15 is 0 Å². The summed E-state index contributed by atoms with van der Waals surface area (Å²) in [6.45, 7) is 7.23. The molecule has 0 radical (unpaired) electrons. The van der Waals surface area contributed by atoms with E-state index in [1.807, 2.05) is 0 Å². The van der Waals surface area contributed by atoms with Gasteiger partial charge in [0.2, 0.25) is 0 Å². The Labute approximate surface area is 143 Å². The SMILES string of the molecule is CC1CCC(c2ccccc2)(C(C)C)C(P)(c2ccccc2)C1. The summed E-state index contributed by atoms with van der Waals surface area (Å²) in [7, 11) is 3.31. The Morgan fingerprint density at radius 2 is 1.43 bits per heavy atom. The molecule has 0 aromatic heterocycles. The molecule has 2 aromatic carbocycles. The summed E-state index contributed by atoms with van der Waals surface area (Å²) in [5, 5.41) is 0.0987. The lowest BCUT2D eigenvalue weighted by atomic mass is 9.53. The first-order valence-electron chi connectivity index (χ1n) is 8.90. The Morgan fingerprint density at radius 3 is 1.96 bits per heavy atom. The summed E-state index contributed by atoms with van der Waals surface area (Å²) in [5.74, 6) is 1.36. The molecule has 1 saturated carbocycles. The molecule has 23 heavy (non-hydrogen) atoms. The largest absolute Gasteiger partial charge is 0.125 e. The van der Waals surface area contributed by atoms with Crippen molar-refractivity contribution in [2.24, 2.45) is 11.8 Å². The second kappa shape index (κ2) is 6.40. The fourth-order valence-corrected chi connectivity index (χ4v) is 6.16. The first-order valence-corrected chi connectivity index (χ1v) is 9.48. The molecule has 0 amide bonds. The average molecular weight is 324 g/mol. The van der Waals surface area contributed by atoms with Gasteiger partial charge in [-0.15, -0.1) is 9.24 Å². The van der Waals surface area contributed by atoms with Gasteiger partial charge in [0, 0.05) is 10.6 Å². The van der Waals surface area contributed by atoms with Crippen molar-refractivity contribution in [1.82, 2.24) is 0 Å². The molecule has 1 heteroatoms. The van der Waals surface area contributed by atoms with Gasteiger partial charge in [-0.2, -0.15) is 0 Å². The lowest BCUT2D eigenvalue weighted by Gasteiger charge is -2.57. The highest BCUT2D eigenvalue weighted by atomic mass is 31.0. The highest BCUT2D eigenvalue weighted by Crippen LogP contribution is 2.61. The topological polar surface area (TPSA) is 0 Å². The molecular weight excluding hydrogens is 295 g/mol. The van der Waals surface area contributed by atoms with Crippen molar-refractivity contribution in [2.75, 3.05) is 0 Å². The van der Waals surface area contributed by atoms with E-state index in [0.717, 1.165) is 5.92 Å². The molecule has 0 aliphatic heterocycles. The minimum Gasteiger partial charge on any atom is -0.125 e. The maximum absolute atomic E-state index is 3.31. The Balaban J connectivity index is 2.23. The van der Waals surface area contributed by atoms with Crippen molar-refractivity contribution < 1.29 is 0 Å². The van der Waals surface area contributed by atoms with Gasteiger partial charge in [0.05, 0.1) is 0 Å². The quantitative estimate of drug-likeness (QED) is 0.592. The lowest BCUT2D eigenvalue weighted by molar-refractivity contribution is 0.123. The summed E-state index contributed by atoms with van der Waals surface area (Å²) in [5.41, 5.74) is 3.14. The summed E-state index contributed by atoms with van der Waals surface area (Å²) < 4.78 is 0. The molecule has 0 heterocycles. The molecule has 0 N–H and O–H groups in total. The van der Waals surface area contributed by atoms with Gasteiger partial charge in [0.25, 0.3) is 0 Å². The fourth-order valence-electron chi connectivity index (χ4n) is 4.92. The Bertz CT molecular complexity index is 634. The van der Waals surface area contributed by atoms with E-state index < -0.39 is 0 Å². The molecular formula is C22H29P. The van der Waals surface area contributed by atoms with Crippen LogP contribution >= 0.6 is 9.24 Å². The summed E-state index contributed by atoms with van der Waals surface area (Å²) in [6.07, 6.45) is 3.80. The molecule has 0 spiro atoms. The van der Waals surface area contributed by atoms with Crippen LogP contribution in [-0.4, -0.2) is 0 Å². The van der Waals surface area contributed by atoms with Gasteiger partial charge in [-0.25, -0.2) is 0 Å². The molecule has 1 fully saturated rings. The van der Waals surface area contributed by atoms with Gasteiger partial charge in [0.1, 0.15) is 0 Å². The Morgan fingerprint density at radius 1 is 0.913 bits per heavy atom. The second-order valence-corrected chi connectivity index (χ2v) is 8.66. The Kier molecular flexibility index (Phi) is 4.65. The van der Waals surface area contributed by atoms with Crippen molar-refractivity contribution in [2.45, 2.75) is 50.6 Å². The normalized spacial score (nSPS) is 31.3. The van der Waals surface area contributed by atoms with E-state index in [4.69, 9.17) is 0 Å². The van der Waals surface area contributed by atoms with Crippen molar-refractivity contribution in [1.29, 1.82) is 0 Å². The average Bonchev–Trinajstić information content (AvgIpc) is 2.56. The van der Waals surface area contributed by atoms with E-state index in [1.165, 1.54) is 30.4 Å². The third-order valence-corrected chi connectivity index (χ3v) is 7.15. The summed E-state index contributed by atoms with van der Waals surface area (Å²) in [4.78, 5) is 0. The molecule has 0 saturated heterocycles. The number of hydrogen-bond donors (Lipinski definition) is 0. The molecule has 1 aliphatic carbocycles.